The fraction of sp³-hybridized carbons (Fsp3) is 0.321. The van der Waals surface area contributed by atoms with E-state index in [-0.39, 0.29) is 24.2 Å². The summed E-state index contributed by atoms with van der Waals surface area (Å²) in [4.78, 5) is 32.4. The molecule has 2 amide bonds. The Morgan fingerprint density at radius 1 is 0.941 bits per heavy atom. The number of fused-ring (bicyclic) bond motifs is 1. The van der Waals surface area contributed by atoms with Crippen molar-refractivity contribution in [2.24, 2.45) is 5.92 Å². The summed E-state index contributed by atoms with van der Waals surface area (Å²) in [6.07, 6.45) is 1.18. The second-order valence-corrected chi connectivity index (χ2v) is 9.17. The van der Waals surface area contributed by atoms with Crippen molar-refractivity contribution in [3.8, 4) is 6.07 Å². The van der Waals surface area contributed by atoms with Gasteiger partial charge in [-0.2, -0.15) is 5.26 Å². The first kappa shape index (κ1) is 22.1. The monoisotopic (exact) mass is 452 g/mol. The van der Waals surface area contributed by atoms with Crippen LogP contribution in [-0.4, -0.2) is 54.3 Å². The van der Waals surface area contributed by atoms with E-state index in [0.29, 0.717) is 18.7 Å². The van der Waals surface area contributed by atoms with E-state index in [2.05, 4.69) is 11.0 Å². The summed E-state index contributed by atoms with van der Waals surface area (Å²) >= 11 is 0. The SMILES string of the molecule is N#Cc1ccc(CN2CCCN(C(=O)C3CC(=O)N(c4cccc5ccccc45)C3)CC2)cc1. The number of benzene rings is 3. The van der Waals surface area contributed by atoms with E-state index in [1.54, 1.807) is 4.90 Å². The van der Waals surface area contributed by atoms with Crippen molar-refractivity contribution >= 4 is 28.3 Å². The van der Waals surface area contributed by atoms with E-state index in [9.17, 15) is 9.59 Å². The molecule has 2 aliphatic heterocycles. The van der Waals surface area contributed by atoms with Crippen LogP contribution < -0.4 is 4.90 Å². The highest BCUT2D eigenvalue weighted by atomic mass is 16.2. The lowest BCUT2D eigenvalue weighted by molar-refractivity contribution is -0.135. The number of anilines is 1. The average molecular weight is 453 g/mol. The average Bonchev–Trinajstić information content (AvgIpc) is 3.11. The lowest BCUT2D eigenvalue weighted by Crippen LogP contribution is -2.39. The van der Waals surface area contributed by atoms with Crippen molar-refractivity contribution in [2.45, 2.75) is 19.4 Å². The van der Waals surface area contributed by atoms with Crippen LogP contribution in [-0.2, 0) is 16.1 Å². The summed E-state index contributed by atoms with van der Waals surface area (Å²) in [6.45, 7) is 4.38. The maximum atomic E-state index is 13.4. The molecule has 2 heterocycles. The molecule has 0 bridgehead atoms. The van der Waals surface area contributed by atoms with Crippen molar-refractivity contribution < 1.29 is 9.59 Å². The Hall–Kier alpha value is -3.69. The topological polar surface area (TPSA) is 67.6 Å². The second kappa shape index (κ2) is 9.66. The lowest BCUT2D eigenvalue weighted by Gasteiger charge is -2.25. The van der Waals surface area contributed by atoms with Crippen molar-refractivity contribution in [1.29, 1.82) is 5.26 Å². The molecule has 2 saturated heterocycles. The standard InChI is InChI=1S/C28H28N4O2/c29-18-21-9-11-22(12-10-21)19-30-13-4-14-31(16-15-30)28(34)24-17-27(33)32(20-24)26-8-3-6-23-5-1-2-7-25(23)26/h1-3,5-12,24H,4,13-17,19-20H2. The molecule has 2 aliphatic rings. The molecule has 172 valence electrons. The Balaban J connectivity index is 1.22. The van der Waals surface area contributed by atoms with Gasteiger partial charge in [-0.05, 0) is 35.6 Å². The van der Waals surface area contributed by atoms with Crippen LogP contribution in [0.3, 0.4) is 0 Å². The van der Waals surface area contributed by atoms with Gasteiger partial charge in [0.1, 0.15) is 0 Å². The van der Waals surface area contributed by atoms with E-state index in [1.165, 1.54) is 5.56 Å². The van der Waals surface area contributed by atoms with Crippen molar-refractivity contribution in [3.05, 3.63) is 77.9 Å². The quantitative estimate of drug-likeness (QED) is 0.604. The summed E-state index contributed by atoms with van der Waals surface area (Å²) in [7, 11) is 0. The third-order valence-electron chi connectivity index (χ3n) is 6.92. The first-order valence-electron chi connectivity index (χ1n) is 11.9. The minimum atomic E-state index is -0.295. The predicted molar refractivity (Wildman–Crippen MR) is 132 cm³/mol. The van der Waals surface area contributed by atoms with Crippen LogP contribution in [0.15, 0.2) is 66.7 Å². The second-order valence-electron chi connectivity index (χ2n) is 9.17. The van der Waals surface area contributed by atoms with Crippen LogP contribution in [0.5, 0.6) is 0 Å². The Labute approximate surface area is 200 Å². The van der Waals surface area contributed by atoms with Gasteiger partial charge >= 0.3 is 0 Å². The maximum absolute atomic E-state index is 13.4. The van der Waals surface area contributed by atoms with Gasteiger partial charge in [-0.25, -0.2) is 0 Å². The molecule has 0 aliphatic carbocycles. The third kappa shape index (κ3) is 4.52. The van der Waals surface area contributed by atoms with Crippen molar-refractivity contribution in [3.63, 3.8) is 0 Å². The zero-order valence-electron chi connectivity index (χ0n) is 19.2. The predicted octanol–water partition coefficient (Wildman–Crippen LogP) is 3.80. The van der Waals surface area contributed by atoms with Gasteiger partial charge in [-0.1, -0.05) is 48.5 Å². The van der Waals surface area contributed by atoms with E-state index in [4.69, 9.17) is 5.26 Å². The molecule has 1 unspecified atom stereocenters. The fourth-order valence-electron chi connectivity index (χ4n) is 5.10. The maximum Gasteiger partial charge on any atom is 0.228 e. The largest absolute Gasteiger partial charge is 0.341 e. The minimum absolute atomic E-state index is 0.0203. The molecule has 3 aromatic carbocycles. The van der Waals surface area contributed by atoms with Gasteiger partial charge in [0.15, 0.2) is 0 Å². The Morgan fingerprint density at radius 2 is 1.74 bits per heavy atom. The molecule has 5 rings (SSSR count). The molecule has 34 heavy (non-hydrogen) atoms. The van der Waals surface area contributed by atoms with Crippen LogP contribution in [0.1, 0.15) is 24.0 Å². The number of amides is 2. The van der Waals surface area contributed by atoms with Crippen LogP contribution in [0.4, 0.5) is 5.69 Å². The van der Waals surface area contributed by atoms with Crippen molar-refractivity contribution in [2.75, 3.05) is 37.6 Å². The van der Waals surface area contributed by atoms with Gasteiger partial charge in [0.25, 0.3) is 0 Å². The summed E-state index contributed by atoms with van der Waals surface area (Å²) in [5.74, 6) is -0.181. The smallest absolute Gasteiger partial charge is 0.228 e. The Bertz CT molecular complexity index is 1240. The number of carbonyl (C=O) groups excluding carboxylic acids is 2. The van der Waals surface area contributed by atoms with Gasteiger partial charge in [0.05, 0.1) is 23.2 Å². The highest BCUT2D eigenvalue weighted by molar-refractivity contribution is 6.07. The number of nitrogens with zero attached hydrogens (tertiary/aromatic N) is 4. The molecule has 0 aromatic heterocycles. The molecule has 6 heteroatoms. The zero-order valence-corrected chi connectivity index (χ0v) is 19.2. The molecular formula is C28H28N4O2. The van der Waals surface area contributed by atoms with E-state index in [0.717, 1.165) is 49.1 Å². The number of hydrogen-bond acceptors (Lipinski definition) is 4. The number of rotatable bonds is 4. The van der Waals surface area contributed by atoms with Crippen LogP contribution in [0, 0.1) is 17.2 Å². The minimum Gasteiger partial charge on any atom is -0.341 e. The molecule has 1 atom stereocenters. The van der Waals surface area contributed by atoms with Gasteiger partial charge in [-0.15, -0.1) is 0 Å². The van der Waals surface area contributed by atoms with Crippen LogP contribution in [0.25, 0.3) is 10.8 Å². The molecule has 0 N–H and O–H groups in total. The van der Waals surface area contributed by atoms with Gasteiger partial charge in [0, 0.05) is 51.1 Å². The first-order chi connectivity index (χ1) is 16.6. The van der Waals surface area contributed by atoms with Gasteiger partial charge < -0.3 is 9.80 Å². The zero-order chi connectivity index (χ0) is 23.5. The lowest BCUT2D eigenvalue weighted by atomic mass is 10.1. The Kier molecular flexibility index (Phi) is 6.29. The summed E-state index contributed by atoms with van der Waals surface area (Å²) in [5, 5.41) is 11.1. The summed E-state index contributed by atoms with van der Waals surface area (Å²) < 4.78 is 0. The third-order valence-corrected chi connectivity index (χ3v) is 6.92. The molecule has 0 spiro atoms. The highest BCUT2D eigenvalue weighted by Crippen LogP contribution is 2.32. The molecule has 2 fully saturated rings. The van der Waals surface area contributed by atoms with Gasteiger partial charge in [0.2, 0.25) is 11.8 Å². The van der Waals surface area contributed by atoms with Crippen molar-refractivity contribution in [1.82, 2.24) is 9.80 Å². The highest BCUT2D eigenvalue weighted by Gasteiger charge is 2.38. The molecule has 6 nitrogen and oxygen atoms in total. The van der Waals surface area contributed by atoms with E-state index >= 15 is 0 Å². The first-order valence-corrected chi connectivity index (χ1v) is 11.9. The molecule has 3 aromatic rings. The normalized spacial score (nSPS) is 19.3. The van der Waals surface area contributed by atoms with Crippen LogP contribution in [0.2, 0.25) is 0 Å². The van der Waals surface area contributed by atoms with E-state index in [1.807, 2.05) is 71.6 Å². The van der Waals surface area contributed by atoms with E-state index < -0.39 is 0 Å². The molecule has 0 saturated carbocycles. The summed E-state index contributed by atoms with van der Waals surface area (Å²) in [6, 6.07) is 23.9. The van der Waals surface area contributed by atoms with Gasteiger partial charge in [-0.3, -0.25) is 14.5 Å². The number of hydrogen-bond donors (Lipinski definition) is 0. The summed E-state index contributed by atoms with van der Waals surface area (Å²) in [5.41, 5.74) is 2.73. The van der Waals surface area contributed by atoms with Crippen LogP contribution >= 0.6 is 0 Å². The molecular weight excluding hydrogens is 424 g/mol. The Morgan fingerprint density at radius 3 is 2.56 bits per heavy atom. The number of carbonyl (C=O) groups is 2. The fourth-order valence-corrected chi connectivity index (χ4v) is 5.10. The number of nitriles is 1. The molecule has 0 radical (unpaired) electrons.